The van der Waals surface area contributed by atoms with Gasteiger partial charge in [0.2, 0.25) is 5.91 Å². The molecular formula is C15H19N5O. The second kappa shape index (κ2) is 6.05. The highest BCUT2D eigenvalue weighted by Crippen LogP contribution is 2.15. The summed E-state index contributed by atoms with van der Waals surface area (Å²) in [4.78, 5) is 15.7. The first kappa shape index (κ1) is 13.8. The molecule has 0 saturated carbocycles. The Bertz CT molecular complexity index is 623. The molecule has 21 heavy (non-hydrogen) atoms. The van der Waals surface area contributed by atoms with Crippen molar-refractivity contribution in [1.82, 2.24) is 25.4 Å². The number of aromatic nitrogens is 3. The number of aryl methyl sites for hydroxylation is 1. The fourth-order valence-electron chi connectivity index (χ4n) is 2.63. The van der Waals surface area contributed by atoms with E-state index in [2.05, 4.69) is 32.8 Å². The summed E-state index contributed by atoms with van der Waals surface area (Å²) in [6.07, 6.45) is 5.15. The van der Waals surface area contributed by atoms with Crippen molar-refractivity contribution in [2.75, 3.05) is 6.54 Å². The highest BCUT2D eigenvalue weighted by atomic mass is 16.2. The molecule has 6 nitrogen and oxygen atoms in total. The monoisotopic (exact) mass is 285 g/mol. The Morgan fingerprint density at radius 1 is 1.48 bits per heavy atom. The summed E-state index contributed by atoms with van der Waals surface area (Å²) in [7, 11) is 0. The minimum atomic E-state index is -0.0750. The standard InChI is InChI=1S/C15H19N5O/c1-11-7-12(4-5-14(11)20-10-16-9-19-20)8-18-13-3-2-6-17-15(13)21/h4-5,7,9-10,13,18H,2-3,6,8H2,1H3,(H,17,21)/t13-/m0/s1. The number of nitrogens with zero attached hydrogens (tertiary/aromatic N) is 3. The summed E-state index contributed by atoms with van der Waals surface area (Å²) in [6, 6.07) is 6.12. The van der Waals surface area contributed by atoms with Gasteiger partial charge in [0, 0.05) is 13.1 Å². The number of piperidine rings is 1. The zero-order chi connectivity index (χ0) is 14.7. The average Bonchev–Trinajstić information content (AvgIpc) is 3.00. The molecule has 1 fully saturated rings. The Kier molecular flexibility index (Phi) is 3.96. The minimum absolute atomic E-state index is 0.0750. The van der Waals surface area contributed by atoms with Gasteiger partial charge in [0.25, 0.3) is 0 Å². The quantitative estimate of drug-likeness (QED) is 0.877. The van der Waals surface area contributed by atoms with Crippen LogP contribution in [-0.2, 0) is 11.3 Å². The fourth-order valence-corrected chi connectivity index (χ4v) is 2.63. The third-order valence-electron chi connectivity index (χ3n) is 3.76. The lowest BCUT2D eigenvalue weighted by Gasteiger charge is -2.23. The molecule has 0 unspecified atom stereocenters. The molecule has 1 aromatic carbocycles. The van der Waals surface area contributed by atoms with Crippen LogP contribution < -0.4 is 10.6 Å². The fraction of sp³-hybridized carbons (Fsp3) is 0.400. The lowest BCUT2D eigenvalue weighted by atomic mass is 10.1. The number of carbonyl (C=O) groups excluding carboxylic acids is 1. The Balaban J connectivity index is 1.67. The highest BCUT2D eigenvalue weighted by molar-refractivity contribution is 5.82. The zero-order valence-corrected chi connectivity index (χ0v) is 12.0. The Morgan fingerprint density at radius 2 is 2.38 bits per heavy atom. The average molecular weight is 285 g/mol. The van der Waals surface area contributed by atoms with Crippen molar-refractivity contribution in [3.8, 4) is 5.69 Å². The smallest absolute Gasteiger partial charge is 0.237 e. The molecule has 0 radical (unpaired) electrons. The van der Waals surface area contributed by atoms with Crippen LogP contribution in [0.5, 0.6) is 0 Å². The molecule has 6 heteroatoms. The molecule has 1 aliphatic heterocycles. The second-order valence-electron chi connectivity index (χ2n) is 5.33. The lowest BCUT2D eigenvalue weighted by molar-refractivity contribution is -0.124. The van der Waals surface area contributed by atoms with E-state index in [1.807, 2.05) is 13.0 Å². The summed E-state index contributed by atoms with van der Waals surface area (Å²) in [5.41, 5.74) is 3.31. The van der Waals surface area contributed by atoms with Crippen molar-refractivity contribution in [3.05, 3.63) is 42.0 Å². The van der Waals surface area contributed by atoms with Gasteiger partial charge < -0.3 is 10.6 Å². The molecule has 0 aliphatic carbocycles. The van der Waals surface area contributed by atoms with Gasteiger partial charge in [-0.25, -0.2) is 9.67 Å². The third kappa shape index (κ3) is 3.11. The molecule has 0 bridgehead atoms. The number of nitrogens with one attached hydrogen (secondary N) is 2. The van der Waals surface area contributed by atoms with E-state index in [1.165, 1.54) is 6.33 Å². The zero-order valence-electron chi connectivity index (χ0n) is 12.0. The van der Waals surface area contributed by atoms with Crippen molar-refractivity contribution in [2.45, 2.75) is 32.4 Å². The SMILES string of the molecule is Cc1cc(CN[C@H]2CCCNC2=O)ccc1-n1cncn1. The number of rotatable bonds is 4. The molecule has 110 valence electrons. The summed E-state index contributed by atoms with van der Waals surface area (Å²) in [5.74, 6) is 0.109. The van der Waals surface area contributed by atoms with Gasteiger partial charge in [-0.1, -0.05) is 12.1 Å². The van der Waals surface area contributed by atoms with Crippen molar-refractivity contribution < 1.29 is 4.79 Å². The molecule has 2 N–H and O–H groups in total. The normalized spacial score (nSPS) is 18.5. The first-order valence-electron chi connectivity index (χ1n) is 7.19. The van der Waals surface area contributed by atoms with Gasteiger partial charge in [0.05, 0.1) is 11.7 Å². The van der Waals surface area contributed by atoms with Crippen molar-refractivity contribution in [1.29, 1.82) is 0 Å². The van der Waals surface area contributed by atoms with Crippen LogP contribution in [0.25, 0.3) is 5.69 Å². The van der Waals surface area contributed by atoms with Crippen LogP contribution >= 0.6 is 0 Å². The number of hydrogen-bond donors (Lipinski definition) is 2. The molecule has 1 saturated heterocycles. The van der Waals surface area contributed by atoms with Gasteiger partial charge >= 0.3 is 0 Å². The first-order chi connectivity index (χ1) is 10.2. The van der Waals surface area contributed by atoms with Crippen LogP contribution in [0.1, 0.15) is 24.0 Å². The van der Waals surface area contributed by atoms with Crippen LogP contribution in [0.3, 0.4) is 0 Å². The van der Waals surface area contributed by atoms with Gasteiger partial charge in [-0.05, 0) is 37.0 Å². The van der Waals surface area contributed by atoms with Gasteiger partial charge in [-0.2, -0.15) is 5.10 Å². The molecule has 1 atom stereocenters. The number of carbonyl (C=O) groups is 1. The van der Waals surface area contributed by atoms with Crippen LogP contribution in [-0.4, -0.2) is 33.3 Å². The van der Waals surface area contributed by atoms with E-state index in [0.717, 1.165) is 36.2 Å². The molecule has 1 amide bonds. The molecular weight excluding hydrogens is 266 g/mol. The van der Waals surface area contributed by atoms with E-state index < -0.39 is 0 Å². The maximum absolute atomic E-state index is 11.7. The van der Waals surface area contributed by atoms with E-state index in [-0.39, 0.29) is 11.9 Å². The van der Waals surface area contributed by atoms with Crippen molar-refractivity contribution in [2.24, 2.45) is 0 Å². The maximum Gasteiger partial charge on any atom is 0.237 e. The van der Waals surface area contributed by atoms with E-state index >= 15 is 0 Å². The maximum atomic E-state index is 11.7. The Hall–Kier alpha value is -2.21. The first-order valence-corrected chi connectivity index (χ1v) is 7.19. The van der Waals surface area contributed by atoms with Gasteiger partial charge in [0.15, 0.2) is 0 Å². The third-order valence-corrected chi connectivity index (χ3v) is 3.76. The van der Waals surface area contributed by atoms with Crippen LogP contribution in [0.2, 0.25) is 0 Å². The number of amides is 1. The molecule has 2 heterocycles. The minimum Gasteiger partial charge on any atom is -0.355 e. The number of benzene rings is 1. The van der Waals surface area contributed by atoms with Gasteiger partial charge in [0.1, 0.15) is 12.7 Å². The van der Waals surface area contributed by atoms with Crippen LogP contribution in [0, 0.1) is 6.92 Å². The predicted octanol–water partition coefficient (Wildman–Crippen LogP) is 0.944. The Morgan fingerprint density at radius 3 is 3.10 bits per heavy atom. The molecule has 3 rings (SSSR count). The summed E-state index contributed by atoms with van der Waals surface area (Å²) >= 11 is 0. The summed E-state index contributed by atoms with van der Waals surface area (Å²) in [6.45, 7) is 3.53. The molecule has 1 aliphatic rings. The van der Waals surface area contributed by atoms with Crippen molar-refractivity contribution >= 4 is 5.91 Å². The topological polar surface area (TPSA) is 71.8 Å². The Labute approximate surface area is 123 Å². The highest BCUT2D eigenvalue weighted by Gasteiger charge is 2.20. The lowest BCUT2D eigenvalue weighted by Crippen LogP contribution is -2.47. The van der Waals surface area contributed by atoms with E-state index in [0.29, 0.717) is 6.54 Å². The number of hydrogen-bond acceptors (Lipinski definition) is 4. The molecule has 0 spiro atoms. The van der Waals surface area contributed by atoms with Gasteiger partial charge in [-0.15, -0.1) is 0 Å². The van der Waals surface area contributed by atoms with Crippen molar-refractivity contribution in [3.63, 3.8) is 0 Å². The van der Waals surface area contributed by atoms with E-state index in [1.54, 1.807) is 11.0 Å². The van der Waals surface area contributed by atoms with Crippen LogP contribution in [0.15, 0.2) is 30.9 Å². The van der Waals surface area contributed by atoms with E-state index in [9.17, 15) is 4.79 Å². The molecule has 2 aromatic rings. The molecule has 1 aromatic heterocycles. The van der Waals surface area contributed by atoms with Gasteiger partial charge in [-0.3, -0.25) is 4.79 Å². The van der Waals surface area contributed by atoms with Crippen LogP contribution in [0.4, 0.5) is 0 Å². The second-order valence-corrected chi connectivity index (χ2v) is 5.33. The summed E-state index contributed by atoms with van der Waals surface area (Å²) in [5, 5.41) is 10.4. The largest absolute Gasteiger partial charge is 0.355 e. The predicted molar refractivity (Wildman–Crippen MR) is 79.0 cm³/mol. The van der Waals surface area contributed by atoms with E-state index in [4.69, 9.17) is 0 Å². The summed E-state index contributed by atoms with van der Waals surface area (Å²) < 4.78 is 1.75.